The van der Waals surface area contributed by atoms with Gasteiger partial charge in [-0.1, -0.05) is 36.4 Å². The number of fused-ring (bicyclic) bond motifs is 2. The minimum absolute atomic E-state index is 0.132. The third-order valence-corrected chi connectivity index (χ3v) is 7.68. The van der Waals surface area contributed by atoms with E-state index in [0.29, 0.717) is 29.3 Å². The molecule has 0 fully saturated rings. The SMILES string of the molecule is COc1ccc(CN2CN(S(=O)(=O)c3cc(C)ccc3C)c3nc4ccccc4nc32)cc1. The van der Waals surface area contributed by atoms with Crippen molar-refractivity contribution in [3.05, 3.63) is 83.4 Å². The van der Waals surface area contributed by atoms with Crippen molar-refractivity contribution in [1.29, 1.82) is 0 Å². The maximum absolute atomic E-state index is 13.8. The molecule has 168 valence electrons. The molecular weight excluding hydrogens is 436 g/mol. The van der Waals surface area contributed by atoms with Gasteiger partial charge < -0.3 is 9.64 Å². The number of hydrogen-bond donors (Lipinski definition) is 0. The molecule has 7 nitrogen and oxygen atoms in total. The number of ether oxygens (including phenoxy) is 1. The highest BCUT2D eigenvalue weighted by Crippen LogP contribution is 2.39. The molecule has 0 aliphatic carbocycles. The van der Waals surface area contributed by atoms with Crippen LogP contribution in [0, 0.1) is 13.8 Å². The first kappa shape index (κ1) is 21.2. The summed E-state index contributed by atoms with van der Waals surface area (Å²) in [6, 6.07) is 20.7. The van der Waals surface area contributed by atoms with E-state index in [2.05, 4.69) is 0 Å². The van der Waals surface area contributed by atoms with E-state index in [4.69, 9.17) is 14.7 Å². The first-order valence-corrected chi connectivity index (χ1v) is 12.1. The molecule has 0 saturated heterocycles. The molecule has 0 saturated carbocycles. The monoisotopic (exact) mass is 460 g/mol. The van der Waals surface area contributed by atoms with Gasteiger partial charge in [0.2, 0.25) is 0 Å². The second-order valence-corrected chi connectivity index (χ2v) is 10.0. The highest BCUT2D eigenvalue weighted by Gasteiger charge is 2.38. The van der Waals surface area contributed by atoms with Crippen molar-refractivity contribution >= 4 is 32.7 Å². The molecule has 0 atom stereocenters. The third kappa shape index (κ3) is 3.76. The summed E-state index contributed by atoms with van der Waals surface area (Å²) >= 11 is 0. The minimum atomic E-state index is -3.84. The Morgan fingerprint density at radius 3 is 2.24 bits per heavy atom. The summed E-state index contributed by atoms with van der Waals surface area (Å²) in [5.74, 6) is 1.67. The zero-order valence-electron chi connectivity index (χ0n) is 18.7. The number of aromatic nitrogens is 2. The minimum Gasteiger partial charge on any atom is -0.497 e. The molecule has 1 aromatic heterocycles. The molecule has 0 amide bonds. The Labute approximate surface area is 193 Å². The van der Waals surface area contributed by atoms with Crippen LogP contribution in [0.25, 0.3) is 11.0 Å². The normalized spacial score (nSPS) is 13.4. The molecule has 33 heavy (non-hydrogen) atoms. The van der Waals surface area contributed by atoms with Crippen LogP contribution in [0.4, 0.5) is 11.6 Å². The van der Waals surface area contributed by atoms with Crippen LogP contribution in [0.3, 0.4) is 0 Å². The van der Waals surface area contributed by atoms with Crippen LogP contribution >= 0.6 is 0 Å². The lowest BCUT2D eigenvalue weighted by molar-refractivity contribution is 0.414. The van der Waals surface area contributed by atoms with Crippen molar-refractivity contribution in [2.24, 2.45) is 0 Å². The maximum atomic E-state index is 13.8. The van der Waals surface area contributed by atoms with Crippen LogP contribution in [-0.4, -0.2) is 32.2 Å². The lowest BCUT2D eigenvalue weighted by Gasteiger charge is -2.21. The zero-order valence-corrected chi connectivity index (χ0v) is 19.5. The molecule has 8 heteroatoms. The quantitative estimate of drug-likeness (QED) is 0.439. The molecule has 0 radical (unpaired) electrons. The highest BCUT2D eigenvalue weighted by molar-refractivity contribution is 7.93. The van der Waals surface area contributed by atoms with Gasteiger partial charge in [-0.3, -0.25) is 0 Å². The molecule has 2 heterocycles. The Hall–Kier alpha value is -3.65. The Morgan fingerprint density at radius 1 is 0.909 bits per heavy atom. The van der Waals surface area contributed by atoms with Gasteiger partial charge in [-0.2, -0.15) is 0 Å². The Kier molecular flexibility index (Phi) is 5.17. The number of benzene rings is 3. The van der Waals surface area contributed by atoms with E-state index >= 15 is 0 Å². The molecule has 0 bridgehead atoms. The maximum Gasteiger partial charge on any atom is 0.267 e. The molecular formula is C25H24N4O3S. The van der Waals surface area contributed by atoms with E-state index in [1.54, 1.807) is 13.2 Å². The summed E-state index contributed by atoms with van der Waals surface area (Å²) in [7, 11) is -2.21. The van der Waals surface area contributed by atoms with Gasteiger partial charge in [-0.25, -0.2) is 22.7 Å². The number of para-hydroxylation sites is 2. The molecule has 0 N–H and O–H groups in total. The predicted octanol–water partition coefficient (Wildman–Crippen LogP) is 4.43. The van der Waals surface area contributed by atoms with Crippen LogP contribution in [0.1, 0.15) is 16.7 Å². The van der Waals surface area contributed by atoms with E-state index in [0.717, 1.165) is 22.4 Å². The Bertz CT molecular complexity index is 1450. The number of anilines is 2. The van der Waals surface area contributed by atoms with Crippen molar-refractivity contribution < 1.29 is 13.2 Å². The second-order valence-electron chi connectivity index (χ2n) is 8.17. The number of sulfonamides is 1. The van der Waals surface area contributed by atoms with E-state index in [1.807, 2.05) is 79.4 Å². The fourth-order valence-electron chi connectivity index (χ4n) is 4.02. The molecule has 1 aliphatic heterocycles. The Balaban J connectivity index is 1.61. The second kappa shape index (κ2) is 8.04. The van der Waals surface area contributed by atoms with E-state index in [1.165, 1.54) is 4.31 Å². The first-order valence-electron chi connectivity index (χ1n) is 10.6. The fraction of sp³-hybridized carbons (Fsp3) is 0.200. The van der Waals surface area contributed by atoms with Gasteiger partial charge in [-0.05, 0) is 60.9 Å². The number of aryl methyl sites for hydroxylation is 2. The van der Waals surface area contributed by atoms with Crippen LogP contribution in [0.5, 0.6) is 5.75 Å². The van der Waals surface area contributed by atoms with Crippen molar-refractivity contribution in [2.75, 3.05) is 23.0 Å². The largest absolute Gasteiger partial charge is 0.497 e. The average molecular weight is 461 g/mol. The first-order chi connectivity index (χ1) is 15.9. The summed E-state index contributed by atoms with van der Waals surface area (Å²) in [5, 5.41) is 0. The predicted molar refractivity (Wildman–Crippen MR) is 129 cm³/mol. The molecule has 4 aromatic rings. The summed E-state index contributed by atoms with van der Waals surface area (Å²) in [6.45, 7) is 4.32. The van der Waals surface area contributed by atoms with Crippen molar-refractivity contribution in [3.8, 4) is 5.75 Å². The molecule has 1 aliphatic rings. The van der Waals surface area contributed by atoms with Crippen molar-refractivity contribution in [2.45, 2.75) is 25.3 Å². The van der Waals surface area contributed by atoms with Crippen LogP contribution < -0.4 is 13.9 Å². The number of methoxy groups -OCH3 is 1. The lowest BCUT2D eigenvalue weighted by Crippen LogP contribution is -2.36. The Morgan fingerprint density at radius 2 is 1.58 bits per heavy atom. The van der Waals surface area contributed by atoms with Gasteiger partial charge in [0.25, 0.3) is 10.0 Å². The smallest absolute Gasteiger partial charge is 0.267 e. The van der Waals surface area contributed by atoms with E-state index < -0.39 is 10.0 Å². The topological polar surface area (TPSA) is 75.6 Å². The van der Waals surface area contributed by atoms with Gasteiger partial charge >= 0.3 is 0 Å². The van der Waals surface area contributed by atoms with Gasteiger partial charge in [0, 0.05) is 6.54 Å². The van der Waals surface area contributed by atoms with Crippen LogP contribution in [-0.2, 0) is 16.6 Å². The summed E-state index contributed by atoms with van der Waals surface area (Å²) in [4.78, 5) is 11.8. The average Bonchev–Trinajstić information content (AvgIpc) is 3.17. The summed E-state index contributed by atoms with van der Waals surface area (Å²) < 4.78 is 34.2. The summed E-state index contributed by atoms with van der Waals surface area (Å²) in [6.07, 6.45) is 0. The number of rotatable bonds is 5. The van der Waals surface area contributed by atoms with E-state index in [9.17, 15) is 8.42 Å². The van der Waals surface area contributed by atoms with Gasteiger partial charge in [0.05, 0.1) is 23.0 Å². The van der Waals surface area contributed by atoms with Crippen molar-refractivity contribution in [3.63, 3.8) is 0 Å². The lowest BCUT2D eigenvalue weighted by atomic mass is 10.2. The fourth-order valence-corrected chi connectivity index (χ4v) is 5.71. The van der Waals surface area contributed by atoms with E-state index in [-0.39, 0.29) is 11.6 Å². The number of hydrogen-bond acceptors (Lipinski definition) is 6. The van der Waals surface area contributed by atoms with Crippen LogP contribution in [0.2, 0.25) is 0 Å². The third-order valence-electron chi connectivity index (χ3n) is 5.81. The number of nitrogens with zero attached hydrogens (tertiary/aromatic N) is 4. The van der Waals surface area contributed by atoms with Gasteiger partial charge in [-0.15, -0.1) is 0 Å². The van der Waals surface area contributed by atoms with Crippen molar-refractivity contribution in [1.82, 2.24) is 9.97 Å². The zero-order chi connectivity index (χ0) is 23.2. The molecule has 3 aromatic carbocycles. The van der Waals surface area contributed by atoms with Gasteiger partial charge in [0.1, 0.15) is 12.4 Å². The summed E-state index contributed by atoms with van der Waals surface area (Å²) in [5.41, 5.74) is 3.98. The van der Waals surface area contributed by atoms with Gasteiger partial charge in [0.15, 0.2) is 11.6 Å². The standard InChI is InChI=1S/C25H24N4O3S/c1-17-8-9-18(2)23(14-17)33(30,31)29-16-28(15-19-10-12-20(32-3)13-11-19)24-25(29)27-22-7-5-4-6-21(22)26-24/h4-14H,15-16H2,1-3H3. The molecule has 0 unspecified atom stereocenters. The van der Waals surface area contributed by atoms with Crippen LogP contribution in [0.15, 0.2) is 71.6 Å². The molecule has 5 rings (SSSR count). The highest BCUT2D eigenvalue weighted by atomic mass is 32.2. The molecule has 0 spiro atoms.